The molecule has 2 aromatic rings. The molecule has 2 aromatic carbocycles. The molecule has 0 aliphatic heterocycles. The Morgan fingerprint density at radius 2 is 1.74 bits per heavy atom. The summed E-state index contributed by atoms with van der Waals surface area (Å²) in [5, 5.41) is 10.2. The van der Waals surface area contributed by atoms with Crippen LogP contribution in [0.2, 0.25) is 0 Å². The van der Waals surface area contributed by atoms with Gasteiger partial charge in [0.25, 0.3) is 0 Å². The van der Waals surface area contributed by atoms with E-state index in [-0.39, 0.29) is 18.1 Å². The molecule has 1 atom stereocenters. The predicted molar refractivity (Wildman–Crippen MR) is 87.9 cm³/mol. The van der Waals surface area contributed by atoms with Gasteiger partial charge in [0.1, 0.15) is 5.82 Å². The number of halogens is 1. The molecule has 5 heteroatoms. The van der Waals surface area contributed by atoms with E-state index >= 15 is 0 Å². The van der Waals surface area contributed by atoms with E-state index in [1.54, 1.807) is 0 Å². The molecule has 0 spiro atoms. The molecule has 120 valence electrons. The molecule has 0 aliphatic carbocycles. The van der Waals surface area contributed by atoms with E-state index < -0.39 is 6.10 Å². The smallest absolute Gasteiger partial charge is 0.238 e. The van der Waals surface area contributed by atoms with E-state index in [0.717, 1.165) is 5.56 Å². The van der Waals surface area contributed by atoms with Gasteiger partial charge in [-0.05, 0) is 41.8 Å². The fourth-order valence-corrected chi connectivity index (χ4v) is 2.02. The third kappa shape index (κ3) is 5.23. The summed E-state index contributed by atoms with van der Waals surface area (Å²) in [5.74, 6) is -0.580. The Bertz CT molecular complexity index is 656. The molecule has 0 saturated heterocycles. The van der Waals surface area contributed by atoms with Gasteiger partial charge >= 0.3 is 0 Å². The number of hydrazine groups is 1. The van der Waals surface area contributed by atoms with Gasteiger partial charge in [-0.2, -0.15) is 0 Å². The molecule has 0 saturated carbocycles. The Morgan fingerprint density at radius 3 is 2.39 bits per heavy atom. The molecule has 3 N–H and O–H groups in total. The second-order valence-corrected chi connectivity index (χ2v) is 5.15. The third-order valence-electron chi connectivity index (χ3n) is 3.37. The largest absolute Gasteiger partial charge is 0.384 e. The van der Waals surface area contributed by atoms with Gasteiger partial charge in [-0.15, -0.1) is 0 Å². The molecule has 1 amide bonds. The summed E-state index contributed by atoms with van der Waals surface area (Å²) in [6.45, 7) is 3.84. The van der Waals surface area contributed by atoms with Gasteiger partial charge in [-0.25, -0.2) is 4.39 Å². The Kier molecular flexibility index (Phi) is 5.88. The Hall–Kier alpha value is -2.66. The van der Waals surface area contributed by atoms with Crippen molar-refractivity contribution in [2.45, 2.75) is 18.9 Å². The minimum absolute atomic E-state index is 0.191. The zero-order valence-electron chi connectivity index (χ0n) is 12.6. The van der Waals surface area contributed by atoms with Crippen LogP contribution < -0.4 is 10.9 Å². The van der Waals surface area contributed by atoms with E-state index in [9.17, 15) is 14.3 Å². The fourth-order valence-electron chi connectivity index (χ4n) is 2.02. The quantitative estimate of drug-likeness (QED) is 0.542. The van der Waals surface area contributed by atoms with E-state index in [2.05, 4.69) is 17.4 Å². The average molecular weight is 314 g/mol. The van der Waals surface area contributed by atoms with E-state index in [0.29, 0.717) is 17.7 Å². The van der Waals surface area contributed by atoms with Crippen LogP contribution in [0.3, 0.4) is 0 Å². The number of hydrogen-bond acceptors (Lipinski definition) is 3. The average Bonchev–Trinajstić information content (AvgIpc) is 2.59. The van der Waals surface area contributed by atoms with Crippen molar-refractivity contribution >= 4 is 11.6 Å². The molecule has 4 nitrogen and oxygen atoms in total. The summed E-state index contributed by atoms with van der Waals surface area (Å²) in [5.41, 5.74) is 7.13. The number of aliphatic hydroxyl groups excluding tert-OH is 1. The molecule has 0 heterocycles. The normalized spacial score (nSPS) is 11.6. The Labute approximate surface area is 134 Å². The van der Waals surface area contributed by atoms with E-state index in [4.69, 9.17) is 0 Å². The highest BCUT2D eigenvalue weighted by Gasteiger charge is 2.12. The van der Waals surface area contributed by atoms with Crippen LogP contribution in [0.4, 0.5) is 10.1 Å². The van der Waals surface area contributed by atoms with Crippen molar-refractivity contribution in [2.75, 3.05) is 5.43 Å². The van der Waals surface area contributed by atoms with Gasteiger partial charge in [0.05, 0.1) is 11.8 Å². The monoisotopic (exact) mass is 314 g/mol. The van der Waals surface area contributed by atoms with Crippen molar-refractivity contribution in [2.24, 2.45) is 0 Å². The van der Waals surface area contributed by atoms with Crippen molar-refractivity contribution in [1.82, 2.24) is 5.43 Å². The van der Waals surface area contributed by atoms with Gasteiger partial charge in [-0.1, -0.05) is 36.9 Å². The first-order valence-corrected chi connectivity index (χ1v) is 7.27. The number of carbonyl (C=O) groups is 1. The zero-order valence-corrected chi connectivity index (χ0v) is 12.6. The summed E-state index contributed by atoms with van der Waals surface area (Å²) >= 11 is 0. The molecule has 23 heavy (non-hydrogen) atoms. The summed E-state index contributed by atoms with van der Waals surface area (Å²) in [4.78, 5) is 11.8. The zero-order chi connectivity index (χ0) is 16.7. The number of nitrogens with one attached hydrogen (secondary N) is 2. The lowest BCUT2D eigenvalue weighted by Crippen LogP contribution is -2.29. The van der Waals surface area contributed by atoms with Crippen molar-refractivity contribution in [3.8, 4) is 0 Å². The molecular formula is C18H19FN2O2. The van der Waals surface area contributed by atoms with Crippen molar-refractivity contribution in [3.05, 3.63) is 78.1 Å². The minimum atomic E-state index is -0.783. The molecule has 0 radical (unpaired) electrons. The summed E-state index contributed by atoms with van der Waals surface area (Å²) in [6, 6.07) is 14.8. The standard InChI is InChI=1S/C18H19FN2O2/c1-13(18(23)14-5-3-2-4-6-14)7-12-17(22)21-20-16-10-8-15(19)9-11-16/h2-6,8-11,18,20,23H,1,7,12H2,(H,21,22). The number of aliphatic hydroxyl groups is 1. The molecule has 2 rings (SSSR count). The van der Waals surface area contributed by atoms with Crippen molar-refractivity contribution in [3.63, 3.8) is 0 Å². The first-order valence-electron chi connectivity index (χ1n) is 7.27. The van der Waals surface area contributed by atoms with Gasteiger partial charge in [0.15, 0.2) is 0 Å². The predicted octanol–water partition coefficient (Wildman–Crippen LogP) is 3.34. The molecule has 0 fully saturated rings. The van der Waals surface area contributed by atoms with Crippen LogP contribution in [0.25, 0.3) is 0 Å². The fraction of sp³-hybridized carbons (Fsp3) is 0.167. The van der Waals surface area contributed by atoms with Crippen LogP contribution in [-0.4, -0.2) is 11.0 Å². The SMILES string of the molecule is C=C(CCC(=O)NNc1ccc(F)cc1)C(O)c1ccccc1. The number of hydrogen-bond donors (Lipinski definition) is 3. The van der Waals surface area contributed by atoms with Gasteiger partial charge < -0.3 is 5.11 Å². The van der Waals surface area contributed by atoms with E-state index in [1.165, 1.54) is 24.3 Å². The number of carbonyl (C=O) groups excluding carboxylic acids is 1. The lowest BCUT2D eigenvalue weighted by molar-refractivity contribution is -0.120. The maximum atomic E-state index is 12.8. The summed E-state index contributed by atoms with van der Waals surface area (Å²) in [7, 11) is 0. The van der Waals surface area contributed by atoms with Gasteiger partial charge in [0.2, 0.25) is 5.91 Å². The first-order chi connectivity index (χ1) is 11.1. The lowest BCUT2D eigenvalue weighted by atomic mass is 9.99. The molecule has 0 aliphatic rings. The lowest BCUT2D eigenvalue weighted by Gasteiger charge is -2.14. The highest BCUT2D eigenvalue weighted by atomic mass is 19.1. The van der Waals surface area contributed by atoms with Crippen LogP contribution in [0.15, 0.2) is 66.7 Å². The van der Waals surface area contributed by atoms with Crippen molar-refractivity contribution in [1.29, 1.82) is 0 Å². The van der Waals surface area contributed by atoms with Crippen molar-refractivity contribution < 1.29 is 14.3 Å². The van der Waals surface area contributed by atoms with Gasteiger partial charge in [-0.3, -0.25) is 15.6 Å². The number of rotatable bonds is 7. The summed E-state index contributed by atoms with van der Waals surface area (Å²) < 4.78 is 12.8. The number of benzene rings is 2. The number of anilines is 1. The summed E-state index contributed by atoms with van der Waals surface area (Å²) in [6.07, 6.45) is -0.224. The second kappa shape index (κ2) is 8.10. The Balaban J connectivity index is 1.75. The molecular weight excluding hydrogens is 295 g/mol. The molecule has 0 bridgehead atoms. The topological polar surface area (TPSA) is 61.4 Å². The van der Waals surface area contributed by atoms with Gasteiger partial charge in [0, 0.05) is 6.42 Å². The first kappa shape index (κ1) is 16.7. The highest BCUT2D eigenvalue weighted by Crippen LogP contribution is 2.23. The minimum Gasteiger partial charge on any atom is -0.384 e. The van der Waals surface area contributed by atoms with E-state index in [1.807, 2.05) is 30.3 Å². The van der Waals surface area contributed by atoms with Crippen LogP contribution >= 0.6 is 0 Å². The van der Waals surface area contributed by atoms with Crippen LogP contribution in [0, 0.1) is 5.82 Å². The molecule has 1 unspecified atom stereocenters. The Morgan fingerprint density at radius 1 is 1.09 bits per heavy atom. The van der Waals surface area contributed by atoms with Crippen LogP contribution in [-0.2, 0) is 4.79 Å². The van der Waals surface area contributed by atoms with Crippen LogP contribution in [0.1, 0.15) is 24.5 Å². The third-order valence-corrected chi connectivity index (χ3v) is 3.37. The van der Waals surface area contributed by atoms with Crippen LogP contribution in [0.5, 0.6) is 0 Å². The maximum Gasteiger partial charge on any atom is 0.238 e. The highest BCUT2D eigenvalue weighted by molar-refractivity contribution is 5.77. The molecule has 0 aromatic heterocycles. The second-order valence-electron chi connectivity index (χ2n) is 5.15. The maximum absolute atomic E-state index is 12.8. The number of amides is 1.